The van der Waals surface area contributed by atoms with Crippen molar-refractivity contribution < 1.29 is 0 Å². The summed E-state index contributed by atoms with van der Waals surface area (Å²) in [6, 6.07) is 19.6. The van der Waals surface area contributed by atoms with Gasteiger partial charge in [-0.15, -0.1) is 0 Å². The Bertz CT molecular complexity index is 1170. The fraction of sp³-hybridized carbons (Fsp3) is 0. The average Bonchev–Trinajstić information content (AvgIpc) is 3.35. The average molecular weight is 353 g/mol. The standard InChI is InChI=1S/C20H15N7/c1-2-6-13(7-3-1)19-21-11-10-17(26-19)23-16-12-22-27-18(16)20-24-14-8-4-5-9-15(14)25-20/h1-12H,(H,22,27)(H,24,25)(H,21,23,26). The highest BCUT2D eigenvalue weighted by atomic mass is 15.2. The number of hydrogen-bond donors (Lipinski definition) is 3. The van der Waals surface area contributed by atoms with Gasteiger partial charge in [0, 0.05) is 18.0 Å². The van der Waals surface area contributed by atoms with Gasteiger partial charge >= 0.3 is 0 Å². The Kier molecular flexibility index (Phi) is 3.61. The lowest BCUT2D eigenvalue weighted by Crippen LogP contribution is -1.97. The van der Waals surface area contributed by atoms with E-state index in [1.54, 1.807) is 12.4 Å². The number of imidazole rings is 1. The summed E-state index contributed by atoms with van der Waals surface area (Å²) in [6.07, 6.45) is 3.52. The molecule has 0 atom stereocenters. The molecule has 5 rings (SSSR count). The van der Waals surface area contributed by atoms with E-state index >= 15 is 0 Å². The third-order valence-electron chi connectivity index (χ3n) is 4.20. The second-order valence-corrected chi connectivity index (χ2v) is 6.01. The van der Waals surface area contributed by atoms with Crippen molar-refractivity contribution >= 4 is 22.5 Å². The van der Waals surface area contributed by atoms with Gasteiger partial charge in [-0.05, 0) is 18.2 Å². The largest absolute Gasteiger partial charge is 0.337 e. The maximum Gasteiger partial charge on any atom is 0.161 e. The fourth-order valence-electron chi connectivity index (χ4n) is 2.92. The normalized spacial score (nSPS) is 11.0. The summed E-state index contributed by atoms with van der Waals surface area (Å²) in [4.78, 5) is 16.9. The van der Waals surface area contributed by atoms with E-state index in [4.69, 9.17) is 0 Å². The topological polar surface area (TPSA) is 95.2 Å². The summed E-state index contributed by atoms with van der Waals surface area (Å²) >= 11 is 0. The molecule has 27 heavy (non-hydrogen) atoms. The van der Waals surface area contributed by atoms with Crippen LogP contribution in [0, 0.1) is 0 Å². The number of aromatic nitrogens is 6. The van der Waals surface area contributed by atoms with Crippen LogP contribution in [0.5, 0.6) is 0 Å². The monoisotopic (exact) mass is 353 g/mol. The molecular formula is C20H15N7. The lowest BCUT2D eigenvalue weighted by Gasteiger charge is -2.06. The zero-order chi connectivity index (χ0) is 18.1. The van der Waals surface area contributed by atoms with Crippen LogP contribution < -0.4 is 5.32 Å². The Morgan fingerprint density at radius 1 is 0.852 bits per heavy atom. The second kappa shape index (κ2) is 6.38. The molecule has 3 N–H and O–H groups in total. The van der Waals surface area contributed by atoms with Crippen LogP contribution in [0.2, 0.25) is 0 Å². The Morgan fingerprint density at radius 3 is 2.59 bits per heavy atom. The maximum atomic E-state index is 4.61. The van der Waals surface area contributed by atoms with Gasteiger partial charge in [-0.1, -0.05) is 42.5 Å². The van der Waals surface area contributed by atoms with Crippen molar-refractivity contribution in [2.24, 2.45) is 0 Å². The van der Waals surface area contributed by atoms with Crippen LogP contribution >= 0.6 is 0 Å². The molecule has 0 amide bonds. The minimum Gasteiger partial charge on any atom is -0.337 e. The highest BCUT2D eigenvalue weighted by Gasteiger charge is 2.14. The molecule has 0 saturated carbocycles. The molecule has 3 heterocycles. The highest BCUT2D eigenvalue weighted by molar-refractivity contribution is 5.82. The van der Waals surface area contributed by atoms with Gasteiger partial charge in [-0.25, -0.2) is 15.0 Å². The van der Waals surface area contributed by atoms with E-state index in [0.717, 1.165) is 22.3 Å². The van der Waals surface area contributed by atoms with Gasteiger partial charge in [0.25, 0.3) is 0 Å². The summed E-state index contributed by atoms with van der Waals surface area (Å²) < 4.78 is 0. The van der Waals surface area contributed by atoms with Crippen molar-refractivity contribution in [3.05, 3.63) is 73.1 Å². The minimum atomic E-state index is 0.661. The minimum absolute atomic E-state index is 0.661. The smallest absolute Gasteiger partial charge is 0.161 e. The number of aromatic amines is 2. The van der Waals surface area contributed by atoms with Crippen molar-refractivity contribution in [1.82, 2.24) is 30.1 Å². The molecule has 5 aromatic rings. The van der Waals surface area contributed by atoms with Gasteiger partial charge in [0.2, 0.25) is 0 Å². The number of nitrogens with one attached hydrogen (secondary N) is 3. The molecule has 0 spiro atoms. The van der Waals surface area contributed by atoms with Crippen LogP contribution in [0.1, 0.15) is 0 Å². The highest BCUT2D eigenvalue weighted by Crippen LogP contribution is 2.27. The molecule has 7 heteroatoms. The fourth-order valence-corrected chi connectivity index (χ4v) is 2.92. The van der Waals surface area contributed by atoms with Gasteiger partial charge in [0.1, 0.15) is 5.82 Å². The van der Waals surface area contributed by atoms with Crippen molar-refractivity contribution in [2.45, 2.75) is 0 Å². The van der Waals surface area contributed by atoms with E-state index < -0.39 is 0 Å². The van der Waals surface area contributed by atoms with E-state index in [2.05, 4.69) is 35.5 Å². The molecular weight excluding hydrogens is 338 g/mol. The van der Waals surface area contributed by atoms with E-state index in [1.807, 2.05) is 60.7 Å². The number of hydrogen-bond acceptors (Lipinski definition) is 5. The number of nitrogens with zero attached hydrogens (tertiary/aromatic N) is 4. The van der Waals surface area contributed by atoms with E-state index in [1.165, 1.54) is 0 Å². The van der Waals surface area contributed by atoms with Gasteiger partial charge < -0.3 is 10.3 Å². The van der Waals surface area contributed by atoms with Crippen molar-refractivity contribution in [1.29, 1.82) is 0 Å². The van der Waals surface area contributed by atoms with E-state index in [9.17, 15) is 0 Å². The first-order chi connectivity index (χ1) is 13.4. The number of fused-ring (bicyclic) bond motifs is 1. The van der Waals surface area contributed by atoms with E-state index in [0.29, 0.717) is 23.2 Å². The van der Waals surface area contributed by atoms with Crippen LogP contribution in [-0.4, -0.2) is 30.1 Å². The molecule has 0 saturated heterocycles. The summed E-state index contributed by atoms with van der Waals surface area (Å²) in [7, 11) is 0. The number of H-pyrrole nitrogens is 2. The molecule has 0 unspecified atom stereocenters. The number of benzene rings is 2. The Labute approximate surface area is 154 Å². The van der Waals surface area contributed by atoms with Crippen molar-refractivity contribution in [3.8, 4) is 22.9 Å². The van der Waals surface area contributed by atoms with E-state index in [-0.39, 0.29) is 0 Å². The quantitative estimate of drug-likeness (QED) is 0.451. The summed E-state index contributed by atoms with van der Waals surface area (Å²) in [5.41, 5.74) is 4.31. The zero-order valence-corrected chi connectivity index (χ0v) is 14.2. The van der Waals surface area contributed by atoms with Crippen molar-refractivity contribution in [3.63, 3.8) is 0 Å². The first-order valence-corrected chi connectivity index (χ1v) is 8.51. The molecule has 0 aliphatic rings. The zero-order valence-electron chi connectivity index (χ0n) is 14.2. The van der Waals surface area contributed by atoms with Crippen LogP contribution in [0.3, 0.4) is 0 Å². The number of rotatable bonds is 4. The molecule has 0 aliphatic heterocycles. The molecule has 130 valence electrons. The lowest BCUT2D eigenvalue weighted by atomic mass is 10.2. The van der Waals surface area contributed by atoms with Gasteiger partial charge in [0.05, 0.1) is 16.7 Å². The molecule has 2 aromatic carbocycles. The third-order valence-corrected chi connectivity index (χ3v) is 4.20. The number of anilines is 2. The first kappa shape index (κ1) is 15.3. The predicted octanol–water partition coefficient (Wildman–Crippen LogP) is 4.15. The molecule has 0 aliphatic carbocycles. The van der Waals surface area contributed by atoms with Crippen LogP contribution in [0.15, 0.2) is 73.1 Å². The first-order valence-electron chi connectivity index (χ1n) is 8.51. The molecule has 0 radical (unpaired) electrons. The van der Waals surface area contributed by atoms with Crippen LogP contribution in [-0.2, 0) is 0 Å². The second-order valence-electron chi connectivity index (χ2n) is 6.01. The maximum absolute atomic E-state index is 4.61. The summed E-state index contributed by atoms with van der Waals surface area (Å²) in [6.45, 7) is 0. The van der Waals surface area contributed by atoms with Gasteiger partial charge in [-0.2, -0.15) is 5.10 Å². The Hall–Kier alpha value is -4.00. The van der Waals surface area contributed by atoms with Gasteiger partial charge in [-0.3, -0.25) is 5.10 Å². The molecule has 7 nitrogen and oxygen atoms in total. The SMILES string of the molecule is c1ccc(-c2nccc(Nc3c[nH]nc3-c3nc4ccccc4[nH]3)n2)cc1. The third kappa shape index (κ3) is 2.91. The molecule has 3 aromatic heterocycles. The Balaban J connectivity index is 1.48. The van der Waals surface area contributed by atoms with Crippen molar-refractivity contribution in [2.75, 3.05) is 5.32 Å². The molecule has 0 bridgehead atoms. The van der Waals surface area contributed by atoms with Crippen LogP contribution in [0.4, 0.5) is 11.5 Å². The summed E-state index contributed by atoms with van der Waals surface area (Å²) in [5.74, 6) is 2.04. The number of para-hydroxylation sites is 2. The summed E-state index contributed by atoms with van der Waals surface area (Å²) in [5, 5.41) is 10.5. The lowest BCUT2D eigenvalue weighted by molar-refractivity contribution is 1.08. The van der Waals surface area contributed by atoms with Crippen LogP contribution in [0.25, 0.3) is 33.9 Å². The predicted molar refractivity (Wildman–Crippen MR) is 104 cm³/mol. The molecule has 0 fully saturated rings. The van der Waals surface area contributed by atoms with Gasteiger partial charge in [0.15, 0.2) is 17.3 Å². The Morgan fingerprint density at radius 2 is 1.70 bits per heavy atom.